The number of halogens is 1. The van der Waals surface area contributed by atoms with Gasteiger partial charge >= 0.3 is 0 Å². The lowest BCUT2D eigenvalue weighted by Gasteiger charge is -2.29. The number of amides is 2. The fourth-order valence-corrected chi connectivity index (χ4v) is 3.03. The van der Waals surface area contributed by atoms with Crippen molar-refractivity contribution in [2.24, 2.45) is 5.92 Å². The molecule has 0 saturated carbocycles. The average molecular weight is 431 g/mol. The maximum Gasteiger partial charge on any atom is 0.242 e. The fraction of sp³-hybridized carbons (Fsp3) is 0.417. The molecule has 0 fully saturated rings. The summed E-state index contributed by atoms with van der Waals surface area (Å²) < 4.78 is 5.67. The van der Waals surface area contributed by atoms with Gasteiger partial charge in [-0.2, -0.15) is 0 Å². The van der Waals surface area contributed by atoms with Gasteiger partial charge in [-0.1, -0.05) is 55.8 Å². The number of nitrogens with zero attached hydrogens (tertiary/aromatic N) is 1. The quantitative estimate of drug-likeness (QED) is 0.526. The SMILES string of the molecule is CC(C)CNC(=O)[C@@H](C)N(Cc1ccccc1)C(=O)CCCOc1ccc(Cl)cc1. The number of carbonyl (C=O) groups is 2. The van der Waals surface area contributed by atoms with Crippen molar-refractivity contribution in [2.45, 2.75) is 46.2 Å². The molecule has 0 radical (unpaired) electrons. The summed E-state index contributed by atoms with van der Waals surface area (Å²) in [7, 11) is 0. The minimum Gasteiger partial charge on any atom is -0.494 e. The van der Waals surface area contributed by atoms with Gasteiger partial charge in [0.1, 0.15) is 11.8 Å². The largest absolute Gasteiger partial charge is 0.494 e. The third kappa shape index (κ3) is 8.07. The molecule has 2 rings (SSSR count). The van der Waals surface area contributed by atoms with Crippen molar-refractivity contribution in [3.05, 3.63) is 65.2 Å². The summed E-state index contributed by atoms with van der Waals surface area (Å²) in [6.45, 7) is 7.26. The summed E-state index contributed by atoms with van der Waals surface area (Å²) in [5.41, 5.74) is 0.992. The summed E-state index contributed by atoms with van der Waals surface area (Å²) in [4.78, 5) is 27.2. The smallest absolute Gasteiger partial charge is 0.242 e. The highest BCUT2D eigenvalue weighted by Gasteiger charge is 2.25. The molecule has 0 heterocycles. The second kappa shape index (κ2) is 12.2. The number of rotatable bonds is 11. The van der Waals surface area contributed by atoms with Crippen LogP contribution in [0, 0.1) is 5.92 Å². The molecule has 0 aliphatic heterocycles. The number of hydrogen-bond donors (Lipinski definition) is 1. The zero-order valence-electron chi connectivity index (χ0n) is 17.9. The molecule has 0 aliphatic rings. The predicted octanol–water partition coefficient (Wildman–Crippen LogP) is 4.69. The standard InChI is InChI=1S/C24H31ClN2O3/c1-18(2)16-26-24(29)19(3)27(17-20-8-5-4-6-9-20)23(28)10-7-15-30-22-13-11-21(25)12-14-22/h4-6,8-9,11-14,18-19H,7,10,15-17H2,1-3H3,(H,26,29)/t19-/m1/s1. The maximum absolute atomic E-state index is 13.0. The summed E-state index contributed by atoms with van der Waals surface area (Å²) in [6, 6.07) is 16.3. The summed E-state index contributed by atoms with van der Waals surface area (Å²) >= 11 is 5.87. The molecule has 2 aromatic carbocycles. The molecule has 0 unspecified atom stereocenters. The van der Waals surface area contributed by atoms with E-state index in [1.54, 1.807) is 36.1 Å². The van der Waals surface area contributed by atoms with E-state index in [1.165, 1.54) is 0 Å². The van der Waals surface area contributed by atoms with Gasteiger partial charge in [0.25, 0.3) is 0 Å². The zero-order chi connectivity index (χ0) is 21.9. The number of carbonyl (C=O) groups excluding carboxylic acids is 2. The molecule has 6 heteroatoms. The Kier molecular flexibility index (Phi) is 9.68. The molecule has 5 nitrogen and oxygen atoms in total. The van der Waals surface area contributed by atoms with E-state index in [1.807, 2.05) is 44.2 Å². The highest BCUT2D eigenvalue weighted by Crippen LogP contribution is 2.16. The monoisotopic (exact) mass is 430 g/mol. The highest BCUT2D eigenvalue weighted by atomic mass is 35.5. The molecule has 162 valence electrons. The van der Waals surface area contributed by atoms with Crippen molar-refractivity contribution in [2.75, 3.05) is 13.2 Å². The molecular formula is C24H31ClN2O3. The molecule has 2 amide bonds. The maximum atomic E-state index is 13.0. The van der Waals surface area contributed by atoms with Crippen molar-refractivity contribution in [3.63, 3.8) is 0 Å². The van der Waals surface area contributed by atoms with Gasteiger partial charge in [0, 0.05) is 24.5 Å². The van der Waals surface area contributed by atoms with Crippen LogP contribution in [0.15, 0.2) is 54.6 Å². The molecular weight excluding hydrogens is 400 g/mol. The van der Waals surface area contributed by atoms with Gasteiger partial charge < -0.3 is 15.0 Å². The fourth-order valence-electron chi connectivity index (χ4n) is 2.90. The van der Waals surface area contributed by atoms with E-state index in [4.69, 9.17) is 16.3 Å². The van der Waals surface area contributed by atoms with E-state index < -0.39 is 6.04 Å². The van der Waals surface area contributed by atoms with Crippen molar-refractivity contribution >= 4 is 23.4 Å². The number of benzene rings is 2. The summed E-state index contributed by atoms with van der Waals surface area (Å²) in [5, 5.41) is 3.58. The first-order chi connectivity index (χ1) is 14.4. The first kappa shape index (κ1) is 23.7. The van der Waals surface area contributed by atoms with Crippen molar-refractivity contribution in [1.82, 2.24) is 10.2 Å². The van der Waals surface area contributed by atoms with Crippen LogP contribution in [0.5, 0.6) is 5.75 Å². The third-order valence-corrected chi connectivity index (χ3v) is 4.92. The van der Waals surface area contributed by atoms with Crippen LogP contribution in [0.3, 0.4) is 0 Å². The zero-order valence-corrected chi connectivity index (χ0v) is 18.7. The highest BCUT2D eigenvalue weighted by molar-refractivity contribution is 6.30. The van der Waals surface area contributed by atoms with Gasteiger partial charge in [0.05, 0.1) is 6.61 Å². The molecule has 0 bridgehead atoms. The van der Waals surface area contributed by atoms with Gasteiger partial charge in [-0.15, -0.1) is 0 Å². The first-order valence-electron chi connectivity index (χ1n) is 10.4. The van der Waals surface area contributed by atoms with Crippen LogP contribution in [0.1, 0.15) is 39.2 Å². The summed E-state index contributed by atoms with van der Waals surface area (Å²) in [6.07, 6.45) is 0.870. The van der Waals surface area contributed by atoms with E-state index in [-0.39, 0.29) is 11.8 Å². The minimum absolute atomic E-state index is 0.0641. The normalized spacial score (nSPS) is 11.8. The van der Waals surface area contributed by atoms with Gasteiger partial charge in [-0.25, -0.2) is 0 Å². The lowest BCUT2D eigenvalue weighted by Crippen LogP contribution is -2.48. The van der Waals surface area contributed by atoms with E-state index in [0.29, 0.717) is 43.5 Å². The Labute approximate surface area is 184 Å². The molecule has 1 N–H and O–H groups in total. The van der Waals surface area contributed by atoms with Crippen molar-refractivity contribution < 1.29 is 14.3 Å². The van der Waals surface area contributed by atoms with E-state index >= 15 is 0 Å². The van der Waals surface area contributed by atoms with Crippen LogP contribution in [-0.2, 0) is 16.1 Å². The van der Waals surface area contributed by atoms with E-state index in [2.05, 4.69) is 5.32 Å². The van der Waals surface area contributed by atoms with E-state index in [0.717, 1.165) is 11.3 Å². The molecule has 0 saturated heterocycles. The minimum atomic E-state index is -0.548. The Morgan fingerprint density at radius 3 is 2.33 bits per heavy atom. The molecule has 2 aromatic rings. The second-order valence-electron chi connectivity index (χ2n) is 7.73. The van der Waals surface area contributed by atoms with E-state index in [9.17, 15) is 9.59 Å². The number of hydrogen-bond acceptors (Lipinski definition) is 3. The average Bonchev–Trinajstić information content (AvgIpc) is 2.74. The van der Waals surface area contributed by atoms with Gasteiger partial charge in [-0.05, 0) is 49.1 Å². The molecule has 30 heavy (non-hydrogen) atoms. The van der Waals surface area contributed by atoms with Crippen LogP contribution < -0.4 is 10.1 Å². The van der Waals surface area contributed by atoms with Gasteiger partial charge in [-0.3, -0.25) is 9.59 Å². The topological polar surface area (TPSA) is 58.6 Å². The molecule has 1 atom stereocenters. The van der Waals surface area contributed by atoms with Crippen molar-refractivity contribution in [3.8, 4) is 5.75 Å². The van der Waals surface area contributed by atoms with Crippen molar-refractivity contribution in [1.29, 1.82) is 0 Å². The lowest BCUT2D eigenvalue weighted by atomic mass is 10.1. The Bertz CT molecular complexity index is 794. The Morgan fingerprint density at radius 2 is 1.70 bits per heavy atom. The molecule has 0 spiro atoms. The predicted molar refractivity (Wildman–Crippen MR) is 120 cm³/mol. The van der Waals surface area contributed by atoms with Crippen LogP contribution in [0.25, 0.3) is 0 Å². The molecule has 0 aromatic heterocycles. The summed E-state index contributed by atoms with van der Waals surface area (Å²) in [5.74, 6) is 0.870. The van der Waals surface area contributed by atoms with Crippen LogP contribution in [0.4, 0.5) is 0 Å². The van der Waals surface area contributed by atoms with Crippen LogP contribution in [0.2, 0.25) is 5.02 Å². The van der Waals surface area contributed by atoms with Gasteiger partial charge in [0.15, 0.2) is 0 Å². The number of ether oxygens (including phenoxy) is 1. The Balaban J connectivity index is 1.94. The Hall–Kier alpha value is -2.53. The van der Waals surface area contributed by atoms with Gasteiger partial charge in [0.2, 0.25) is 11.8 Å². The van der Waals surface area contributed by atoms with Crippen LogP contribution in [-0.4, -0.2) is 35.9 Å². The third-order valence-electron chi connectivity index (χ3n) is 4.66. The number of nitrogens with one attached hydrogen (secondary N) is 1. The van der Waals surface area contributed by atoms with Crippen LogP contribution >= 0.6 is 11.6 Å². The second-order valence-corrected chi connectivity index (χ2v) is 8.16. The lowest BCUT2D eigenvalue weighted by molar-refractivity contribution is -0.140. The molecule has 0 aliphatic carbocycles. The Morgan fingerprint density at radius 1 is 1.03 bits per heavy atom. The first-order valence-corrected chi connectivity index (χ1v) is 10.7.